The average molecular weight is 411 g/mol. The number of pyridine rings is 1. The fraction of sp³-hybridized carbons (Fsp3) is 0.435. The minimum absolute atomic E-state index is 0.00114. The molecule has 2 aromatic rings. The van der Waals surface area contributed by atoms with E-state index < -0.39 is 0 Å². The van der Waals surface area contributed by atoms with Crippen LogP contribution in [0.4, 0.5) is 0 Å². The predicted octanol–water partition coefficient (Wildman–Crippen LogP) is 2.25. The van der Waals surface area contributed by atoms with Crippen molar-refractivity contribution in [1.29, 1.82) is 0 Å². The first-order valence-electron chi connectivity index (χ1n) is 10.5. The van der Waals surface area contributed by atoms with Gasteiger partial charge in [0.05, 0.1) is 19.1 Å². The minimum Gasteiger partial charge on any atom is -0.466 e. The largest absolute Gasteiger partial charge is 0.466 e. The van der Waals surface area contributed by atoms with Crippen molar-refractivity contribution in [1.82, 2.24) is 14.8 Å². The number of piperidine rings is 1. The molecule has 0 aliphatic carbocycles. The lowest BCUT2D eigenvalue weighted by atomic mass is 9.97. The SMILES string of the molecule is CCOC(=O)C1CCN(C(=NC)NCc2ccc(Cn3ccccc3=O)cc2)CC1. The third-order valence-corrected chi connectivity index (χ3v) is 5.35. The van der Waals surface area contributed by atoms with Crippen LogP contribution in [0.5, 0.6) is 0 Å². The number of hydrogen-bond acceptors (Lipinski definition) is 4. The molecule has 1 fully saturated rings. The van der Waals surface area contributed by atoms with E-state index in [-0.39, 0.29) is 17.4 Å². The lowest BCUT2D eigenvalue weighted by Gasteiger charge is -2.33. The fourth-order valence-electron chi connectivity index (χ4n) is 3.65. The highest BCUT2D eigenvalue weighted by Gasteiger charge is 2.27. The van der Waals surface area contributed by atoms with Crippen molar-refractivity contribution < 1.29 is 9.53 Å². The highest BCUT2D eigenvalue weighted by Crippen LogP contribution is 2.19. The number of aliphatic imine (C=N–C) groups is 1. The fourth-order valence-corrected chi connectivity index (χ4v) is 3.65. The molecular formula is C23H30N4O3. The molecule has 1 aromatic carbocycles. The number of carbonyl (C=O) groups excluding carboxylic acids is 1. The van der Waals surface area contributed by atoms with Crippen LogP contribution in [0.1, 0.15) is 30.9 Å². The zero-order chi connectivity index (χ0) is 21.3. The molecule has 160 valence electrons. The van der Waals surface area contributed by atoms with Crippen LogP contribution in [-0.4, -0.2) is 48.1 Å². The van der Waals surface area contributed by atoms with Crippen LogP contribution in [-0.2, 0) is 22.6 Å². The van der Waals surface area contributed by atoms with E-state index in [1.54, 1.807) is 29.9 Å². The van der Waals surface area contributed by atoms with Crippen molar-refractivity contribution in [3.05, 3.63) is 70.1 Å². The maximum Gasteiger partial charge on any atom is 0.309 e. The zero-order valence-electron chi connectivity index (χ0n) is 17.7. The molecule has 30 heavy (non-hydrogen) atoms. The summed E-state index contributed by atoms with van der Waals surface area (Å²) in [6.45, 7) is 5.07. The van der Waals surface area contributed by atoms with Gasteiger partial charge in [-0.2, -0.15) is 0 Å². The molecule has 0 saturated carbocycles. The molecule has 1 aliphatic rings. The van der Waals surface area contributed by atoms with E-state index >= 15 is 0 Å². The summed E-state index contributed by atoms with van der Waals surface area (Å²) >= 11 is 0. The van der Waals surface area contributed by atoms with E-state index in [9.17, 15) is 9.59 Å². The normalized spacial score (nSPS) is 15.1. The summed E-state index contributed by atoms with van der Waals surface area (Å²) in [6, 6.07) is 13.4. The van der Waals surface area contributed by atoms with E-state index in [0.29, 0.717) is 19.7 Å². The molecule has 0 spiro atoms. The van der Waals surface area contributed by atoms with Crippen molar-refractivity contribution in [2.45, 2.75) is 32.9 Å². The van der Waals surface area contributed by atoms with Crippen LogP contribution in [0.25, 0.3) is 0 Å². The Bertz CT molecular complexity index is 913. The number of esters is 1. The van der Waals surface area contributed by atoms with Crippen molar-refractivity contribution in [3.8, 4) is 0 Å². The second-order valence-corrected chi connectivity index (χ2v) is 7.40. The second-order valence-electron chi connectivity index (χ2n) is 7.40. The number of nitrogens with one attached hydrogen (secondary N) is 1. The summed E-state index contributed by atoms with van der Waals surface area (Å²) in [5.74, 6) is 0.749. The summed E-state index contributed by atoms with van der Waals surface area (Å²) in [7, 11) is 1.78. The van der Waals surface area contributed by atoms with Gasteiger partial charge >= 0.3 is 5.97 Å². The summed E-state index contributed by atoms with van der Waals surface area (Å²) in [5, 5.41) is 3.41. The number of likely N-dealkylation sites (tertiary alicyclic amines) is 1. The molecule has 7 nitrogen and oxygen atoms in total. The van der Waals surface area contributed by atoms with Gasteiger partial charge in [-0.3, -0.25) is 14.6 Å². The first-order valence-corrected chi connectivity index (χ1v) is 10.5. The molecule has 0 radical (unpaired) electrons. The quantitative estimate of drug-likeness (QED) is 0.449. The van der Waals surface area contributed by atoms with Gasteiger partial charge in [0.25, 0.3) is 5.56 Å². The molecule has 1 aliphatic heterocycles. The van der Waals surface area contributed by atoms with Crippen molar-refractivity contribution in [3.63, 3.8) is 0 Å². The number of hydrogen-bond donors (Lipinski definition) is 1. The highest BCUT2D eigenvalue weighted by molar-refractivity contribution is 5.80. The van der Waals surface area contributed by atoms with Gasteiger partial charge in [-0.05, 0) is 37.0 Å². The molecule has 7 heteroatoms. The summed E-state index contributed by atoms with van der Waals surface area (Å²) in [4.78, 5) is 30.3. The van der Waals surface area contributed by atoms with E-state index in [1.165, 1.54) is 0 Å². The van der Waals surface area contributed by atoms with Crippen molar-refractivity contribution in [2.75, 3.05) is 26.7 Å². The monoisotopic (exact) mass is 410 g/mol. The number of ether oxygens (including phenoxy) is 1. The van der Waals surface area contributed by atoms with Gasteiger partial charge in [0, 0.05) is 38.9 Å². The molecule has 1 saturated heterocycles. The van der Waals surface area contributed by atoms with Crippen LogP contribution in [0, 0.1) is 5.92 Å². The van der Waals surface area contributed by atoms with Gasteiger partial charge in [0.1, 0.15) is 0 Å². The van der Waals surface area contributed by atoms with Crippen molar-refractivity contribution >= 4 is 11.9 Å². The van der Waals surface area contributed by atoms with Crippen LogP contribution >= 0.6 is 0 Å². The molecule has 0 atom stereocenters. The molecule has 2 heterocycles. The molecular weight excluding hydrogens is 380 g/mol. The standard InChI is InChI=1S/C23H30N4O3/c1-3-30-22(29)20-11-14-26(15-12-20)23(24-2)25-16-18-7-9-19(10-8-18)17-27-13-5-4-6-21(27)28/h4-10,13,20H,3,11-12,14-17H2,1-2H3,(H,24,25). The number of carbonyl (C=O) groups is 1. The molecule has 1 N–H and O–H groups in total. The Hall–Kier alpha value is -3.09. The summed E-state index contributed by atoms with van der Waals surface area (Å²) in [6.07, 6.45) is 3.37. The number of nitrogens with zero attached hydrogens (tertiary/aromatic N) is 3. The molecule has 0 bridgehead atoms. The Morgan fingerprint density at radius 3 is 2.47 bits per heavy atom. The third kappa shape index (κ3) is 5.72. The third-order valence-electron chi connectivity index (χ3n) is 5.35. The van der Waals surface area contributed by atoms with Gasteiger partial charge in [0.15, 0.2) is 5.96 Å². The summed E-state index contributed by atoms with van der Waals surface area (Å²) < 4.78 is 6.83. The first-order chi connectivity index (χ1) is 14.6. The number of aromatic nitrogens is 1. The number of rotatable bonds is 6. The Labute approximate surface area is 177 Å². The Balaban J connectivity index is 1.50. The van der Waals surface area contributed by atoms with Gasteiger partial charge in [-0.15, -0.1) is 0 Å². The highest BCUT2D eigenvalue weighted by atomic mass is 16.5. The van der Waals surface area contributed by atoms with E-state index in [1.807, 2.05) is 25.1 Å². The molecule has 3 rings (SSSR count). The Kier molecular flexibility index (Phi) is 7.65. The lowest BCUT2D eigenvalue weighted by Crippen LogP contribution is -2.46. The number of benzene rings is 1. The zero-order valence-corrected chi connectivity index (χ0v) is 17.7. The van der Waals surface area contributed by atoms with Crippen LogP contribution in [0.3, 0.4) is 0 Å². The average Bonchev–Trinajstić information content (AvgIpc) is 2.77. The smallest absolute Gasteiger partial charge is 0.309 e. The predicted molar refractivity (Wildman–Crippen MR) is 117 cm³/mol. The second kappa shape index (κ2) is 10.6. The van der Waals surface area contributed by atoms with Gasteiger partial charge < -0.3 is 19.5 Å². The molecule has 1 aromatic heterocycles. The van der Waals surface area contributed by atoms with Crippen LogP contribution < -0.4 is 10.9 Å². The lowest BCUT2D eigenvalue weighted by molar-refractivity contribution is -0.149. The van der Waals surface area contributed by atoms with Crippen molar-refractivity contribution in [2.24, 2.45) is 10.9 Å². The summed E-state index contributed by atoms with van der Waals surface area (Å²) in [5.41, 5.74) is 2.22. The van der Waals surface area contributed by atoms with Gasteiger partial charge in [-0.1, -0.05) is 30.3 Å². The van der Waals surface area contributed by atoms with E-state index in [0.717, 1.165) is 43.0 Å². The molecule has 0 unspecified atom stereocenters. The van der Waals surface area contributed by atoms with E-state index in [2.05, 4.69) is 27.3 Å². The van der Waals surface area contributed by atoms with Gasteiger partial charge in [0.2, 0.25) is 0 Å². The maximum absolute atomic E-state index is 11.9. The Morgan fingerprint density at radius 1 is 1.13 bits per heavy atom. The van der Waals surface area contributed by atoms with Crippen LogP contribution in [0.2, 0.25) is 0 Å². The topological polar surface area (TPSA) is 75.9 Å². The Morgan fingerprint density at radius 2 is 1.83 bits per heavy atom. The first kappa shape index (κ1) is 21.6. The number of guanidine groups is 1. The van der Waals surface area contributed by atoms with Crippen LogP contribution in [0.15, 0.2) is 58.4 Å². The molecule has 0 amide bonds. The maximum atomic E-state index is 11.9. The van der Waals surface area contributed by atoms with Gasteiger partial charge in [-0.25, -0.2) is 0 Å². The minimum atomic E-state index is -0.0852. The van der Waals surface area contributed by atoms with E-state index in [4.69, 9.17) is 4.74 Å².